The Bertz CT molecular complexity index is 465. The summed E-state index contributed by atoms with van der Waals surface area (Å²) in [6, 6.07) is 5.62. The van der Waals surface area contributed by atoms with Crippen LogP contribution in [0, 0.1) is 0 Å². The standard InChI is InChI=1S/C14H17Cl2NO2/c15-11-6-5-10(9-12(11)16)13-3-1-7-17(13)14(19)4-2-8-18/h5-6,9,13,18H,1-4,7-8H2. The van der Waals surface area contributed by atoms with Gasteiger partial charge < -0.3 is 10.0 Å². The van der Waals surface area contributed by atoms with Gasteiger partial charge in [-0.25, -0.2) is 0 Å². The van der Waals surface area contributed by atoms with Crippen LogP contribution >= 0.6 is 23.2 Å². The van der Waals surface area contributed by atoms with Gasteiger partial charge in [-0.3, -0.25) is 4.79 Å². The number of hydrogen-bond acceptors (Lipinski definition) is 2. The fraction of sp³-hybridized carbons (Fsp3) is 0.500. The number of nitrogens with zero attached hydrogens (tertiary/aromatic N) is 1. The van der Waals surface area contributed by atoms with Crippen molar-refractivity contribution in [2.24, 2.45) is 0 Å². The molecule has 1 aliphatic heterocycles. The van der Waals surface area contributed by atoms with Gasteiger partial charge in [0.1, 0.15) is 0 Å². The van der Waals surface area contributed by atoms with Crippen molar-refractivity contribution in [1.29, 1.82) is 0 Å². The first kappa shape index (κ1) is 14.6. The van der Waals surface area contributed by atoms with Gasteiger partial charge in [-0.15, -0.1) is 0 Å². The number of benzene rings is 1. The van der Waals surface area contributed by atoms with Crippen LogP contribution in [0.4, 0.5) is 0 Å². The van der Waals surface area contributed by atoms with E-state index in [1.807, 2.05) is 17.0 Å². The fourth-order valence-electron chi connectivity index (χ4n) is 2.51. The molecular weight excluding hydrogens is 285 g/mol. The quantitative estimate of drug-likeness (QED) is 0.925. The molecule has 1 fully saturated rings. The van der Waals surface area contributed by atoms with Crippen molar-refractivity contribution in [3.8, 4) is 0 Å². The zero-order chi connectivity index (χ0) is 13.8. The molecule has 1 aliphatic rings. The normalized spacial score (nSPS) is 18.9. The summed E-state index contributed by atoms with van der Waals surface area (Å²) >= 11 is 11.9. The summed E-state index contributed by atoms with van der Waals surface area (Å²) in [5.74, 6) is 0.0997. The van der Waals surface area contributed by atoms with E-state index >= 15 is 0 Å². The molecule has 104 valence electrons. The number of likely N-dealkylation sites (tertiary alicyclic amines) is 1. The third-order valence-corrected chi connectivity index (χ3v) is 4.19. The van der Waals surface area contributed by atoms with Crippen LogP contribution in [0.2, 0.25) is 10.0 Å². The van der Waals surface area contributed by atoms with Crippen molar-refractivity contribution in [3.63, 3.8) is 0 Å². The Kier molecular flexibility index (Phi) is 5.08. The van der Waals surface area contributed by atoms with Gasteiger partial charge in [0.25, 0.3) is 0 Å². The van der Waals surface area contributed by atoms with Crippen molar-refractivity contribution < 1.29 is 9.90 Å². The van der Waals surface area contributed by atoms with Gasteiger partial charge in [-0.2, -0.15) is 0 Å². The molecule has 1 saturated heterocycles. The molecule has 1 aromatic carbocycles. The molecule has 1 amide bonds. The number of carbonyl (C=O) groups is 1. The second-order valence-electron chi connectivity index (χ2n) is 4.75. The lowest BCUT2D eigenvalue weighted by Crippen LogP contribution is -2.30. The maximum Gasteiger partial charge on any atom is 0.223 e. The summed E-state index contributed by atoms with van der Waals surface area (Å²) in [7, 11) is 0. The van der Waals surface area contributed by atoms with E-state index in [4.69, 9.17) is 28.3 Å². The number of carbonyl (C=O) groups excluding carboxylic acids is 1. The molecule has 19 heavy (non-hydrogen) atoms. The van der Waals surface area contributed by atoms with Crippen LogP contribution in [0.5, 0.6) is 0 Å². The van der Waals surface area contributed by atoms with Gasteiger partial charge in [0, 0.05) is 19.6 Å². The Morgan fingerprint density at radius 1 is 1.37 bits per heavy atom. The smallest absolute Gasteiger partial charge is 0.223 e. The SMILES string of the molecule is O=C(CCCO)N1CCCC1c1ccc(Cl)c(Cl)c1. The molecule has 1 unspecified atom stereocenters. The van der Waals surface area contributed by atoms with Crippen LogP contribution in [0.15, 0.2) is 18.2 Å². The second kappa shape index (κ2) is 6.60. The Hall–Kier alpha value is -0.770. The number of aliphatic hydroxyl groups excluding tert-OH is 1. The number of halogens is 2. The van der Waals surface area contributed by atoms with Crippen LogP contribution < -0.4 is 0 Å². The number of amides is 1. The zero-order valence-corrected chi connectivity index (χ0v) is 12.1. The van der Waals surface area contributed by atoms with Crippen molar-refractivity contribution >= 4 is 29.1 Å². The number of rotatable bonds is 4. The lowest BCUT2D eigenvalue weighted by atomic mass is 10.0. The first-order valence-corrected chi connectivity index (χ1v) is 7.24. The number of aliphatic hydroxyl groups is 1. The van der Waals surface area contributed by atoms with Gasteiger partial charge in [0.15, 0.2) is 0 Å². The third kappa shape index (κ3) is 3.41. The molecule has 2 rings (SSSR count). The lowest BCUT2D eigenvalue weighted by molar-refractivity contribution is -0.132. The summed E-state index contributed by atoms with van der Waals surface area (Å²) in [5.41, 5.74) is 1.03. The van der Waals surface area contributed by atoms with E-state index in [-0.39, 0.29) is 18.6 Å². The highest BCUT2D eigenvalue weighted by Crippen LogP contribution is 2.35. The fourth-order valence-corrected chi connectivity index (χ4v) is 2.81. The minimum Gasteiger partial charge on any atom is -0.396 e. The second-order valence-corrected chi connectivity index (χ2v) is 5.56. The summed E-state index contributed by atoms with van der Waals surface area (Å²) in [6.07, 6.45) is 2.86. The van der Waals surface area contributed by atoms with Crippen LogP contribution in [-0.4, -0.2) is 29.1 Å². The first-order chi connectivity index (χ1) is 9.13. The Labute approximate surface area is 123 Å². The van der Waals surface area contributed by atoms with Crippen molar-refractivity contribution in [2.45, 2.75) is 31.7 Å². The molecule has 3 nitrogen and oxygen atoms in total. The molecule has 1 heterocycles. The average molecular weight is 302 g/mol. The molecule has 0 aliphatic carbocycles. The van der Waals surface area contributed by atoms with Gasteiger partial charge in [-0.05, 0) is 37.0 Å². The summed E-state index contributed by atoms with van der Waals surface area (Å²) in [6.45, 7) is 0.826. The van der Waals surface area contributed by atoms with Gasteiger partial charge in [0.2, 0.25) is 5.91 Å². The van der Waals surface area contributed by atoms with E-state index < -0.39 is 0 Å². The minimum absolute atomic E-state index is 0.0526. The van der Waals surface area contributed by atoms with Crippen LogP contribution in [0.3, 0.4) is 0 Å². The van der Waals surface area contributed by atoms with E-state index in [0.717, 1.165) is 24.9 Å². The van der Waals surface area contributed by atoms with Gasteiger partial charge >= 0.3 is 0 Å². The van der Waals surface area contributed by atoms with Gasteiger partial charge in [-0.1, -0.05) is 29.3 Å². The van der Waals surface area contributed by atoms with Crippen molar-refractivity contribution in [3.05, 3.63) is 33.8 Å². The van der Waals surface area contributed by atoms with E-state index in [0.29, 0.717) is 22.9 Å². The topological polar surface area (TPSA) is 40.5 Å². The predicted octanol–water partition coefficient (Wildman–Crippen LogP) is 3.43. The summed E-state index contributed by atoms with van der Waals surface area (Å²) in [5, 5.41) is 9.86. The molecule has 0 saturated carbocycles. The van der Waals surface area contributed by atoms with E-state index in [1.54, 1.807) is 6.07 Å². The summed E-state index contributed by atoms with van der Waals surface area (Å²) < 4.78 is 0. The monoisotopic (exact) mass is 301 g/mol. The van der Waals surface area contributed by atoms with E-state index in [1.165, 1.54) is 0 Å². The molecular formula is C14H17Cl2NO2. The lowest BCUT2D eigenvalue weighted by Gasteiger charge is -2.25. The van der Waals surface area contributed by atoms with Crippen LogP contribution in [0.25, 0.3) is 0 Å². The zero-order valence-electron chi connectivity index (χ0n) is 10.6. The molecule has 1 aromatic rings. The van der Waals surface area contributed by atoms with E-state index in [9.17, 15) is 4.79 Å². The largest absolute Gasteiger partial charge is 0.396 e. The van der Waals surface area contributed by atoms with Crippen LogP contribution in [-0.2, 0) is 4.79 Å². The summed E-state index contributed by atoms with van der Waals surface area (Å²) in [4.78, 5) is 14.0. The Balaban J connectivity index is 2.13. The molecule has 0 bridgehead atoms. The van der Waals surface area contributed by atoms with E-state index in [2.05, 4.69) is 0 Å². The highest BCUT2D eigenvalue weighted by molar-refractivity contribution is 6.42. The molecule has 1 atom stereocenters. The van der Waals surface area contributed by atoms with Gasteiger partial charge in [0.05, 0.1) is 16.1 Å². The Morgan fingerprint density at radius 3 is 2.84 bits per heavy atom. The van der Waals surface area contributed by atoms with Crippen molar-refractivity contribution in [2.75, 3.05) is 13.2 Å². The Morgan fingerprint density at radius 2 is 2.16 bits per heavy atom. The third-order valence-electron chi connectivity index (χ3n) is 3.45. The maximum absolute atomic E-state index is 12.1. The maximum atomic E-state index is 12.1. The molecule has 1 N–H and O–H groups in total. The average Bonchev–Trinajstić information content (AvgIpc) is 2.88. The molecule has 0 aromatic heterocycles. The minimum atomic E-state index is 0.0526. The van der Waals surface area contributed by atoms with Crippen LogP contribution in [0.1, 0.15) is 37.3 Å². The first-order valence-electron chi connectivity index (χ1n) is 6.48. The highest BCUT2D eigenvalue weighted by Gasteiger charge is 2.29. The number of hydrogen-bond donors (Lipinski definition) is 1. The molecule has 5 heteroatoms. The van der Waals surface area contributed by atoms with Crippen molar-refractivity contribution in [1.82, 2.24) is 4.90 Å². The molecule has 0 spiro atoms. The molecule has 0 radical (unpaired) electrons. The predicted molar refractivity (Wildman–Crippen MR) is 76.5 cm³/mol. The highest BCUT2D eigenvalue weighted by atomic mass is 35.5.